The average Bonchev–Trinajstić information content (AvgIpc) is 2.64. The maximum Gasteiger partial charge on any atom is 0.333 e. The minimum Gasteiger partial charge on any atom is -0.469 e. The summed E-state index contributed by atoms with van der Waals surface area (Å²) in [5.41, 5.74) is 0.609. The Morgan fingerprint density at radius 2 is 2.14 bits per heavy atom. The lowest BCUT2D eigenvalue weighted by Gasteiger charge is -2.11. The summed E-state index contributed by atoms with van der Waals surface area (Å²) in [5, 5.41) is 0. The van der Waals surface area contributed by atoms with Crippen molar-refractivity contribution in [1.82, 2.24) is 0 Å². The highest BCUT2D eigenvalue weighted by atomic mass is 16.5. The van der Waals surface area contributed by atoms with E-state index >= 15 is 0 Å². The third-order valence-electron chi connectivity index (χ3n) is 2.38. The van der Waals surface area contributed by atoms with Crippen molar-refractivity contribution in [3.8, 4) is 0 Å². The van der Waals surface area contributed by atoms with Gasteiger partial charge in [-0.25, -0.2) is 4.79 Å². The van der Waals surface area contributed by atoms with Crippen molar-refractivity contribution >= 4 is 11.9 Å². The highest BCUT2D eigenvalue weighted by Crippen LogP contribution is 2.29. The summed E-state index contributed by atoms with van der Waals surface area (Å²) in [5.74, 6) is -0.655. The van der Waals surface area contributed by atoms with E-state index in [4.69, 9.17) is 0 Å². The zero-order chi connectivity index (χ0) is 10.6. The standard InChI is InChI=1S/C10H14O4/c1-13-9(11)6-7-4-3-5-8(7)10(12)14-2/h5,7H,3-4,6H2,1-2H3/t7-/m1/s1. The van der Waals surface area contributed by atoms with Crippen molar-refractivity contribution in [3.05, 3.63) is 11.6 Å². The van der Waals surface area contributed by atoms with Crippen LogP contribution in [0.15, 0.2) is 11.6 Å². The Kier molecular flexibility index (Phi) is 3.68. The minimum absolute atomic E-state index is 0.0325. The maximum atomic E-state index is 11.3. The van der Waals surface area contributed by atoms with Gasteiger partial charge >= 0.3 is 11.9 Å². The second-order valence-electron chi connectivity index (χ2n) is 3.21. The molecule has 4 nitrogen and oxygen atoms in total. The quantitative estimate of drug-likeness (QED) is 0.636. The molecule has 0 amide bonds. The van der Waals surface area contributed by atoms with E-state index in [1.165, 1.54) is 14.2 Å². The van der Waals surface area contributed by atoms with Crippen LogP contribution in [0.3, 0.4) is 0 Å². The van der Waals surface area contributed by atoms with Gasteiger partial charge in [-0.15, -0.1) is 0 Å². The largest absolute Gasteiger partial charge is 0.469 e. The van der Waals surface area contributed by atoms with E-state index in [2.05, 4.69) is 9.47 Å². The van der Waals surface area contributed by atoms with Crippen LogP contribution in [0.2, 0.25) is 0 Å². The molecule has 1 atom stereocenters. The SMILES string of the molecule is COC(=O)C[C@H]1CCC=C1C(=O)OC. The number of rotatable bonds is 3. The van der Waals surface area contributed by atoms with Crippen LogP contribution in [0.25, 0.3) is 0 Å². The first kappa shape index (κ1) is 10.8. The molecule has 0 aromatic heterocycles. The van der Waals surface area contributed by atoms with E-state index in [-0.39, 0.29) is 24.3 Å². The molecule has 0 unspecified atom stereocenters. The molecule has 1 aliphatic carbocycles. The van der Waals surface area contributed by atoms with Gasteiger partial charge in [0.25, 0.3) is 0 Å². The molecular formula is C10H14O4. The average molecular weight is 198 g/mol. The van der Waals surface area contributed by atoms with E-state index in [0.717, 1.165) is 12.8 Å². The molecule has 78 valence electrons. The second kappa shape index (κ2) is 4.79. The van der Waals surface area contributed by atoms with Crippen LogP contribution in [-0.4, -0.2) is 26.2 Å². The number of methoxy groups -OCH3 is 2. The van der Waals surface area contributed by atoms with Gasteiger partial charge in [-0.1, -0.05) is 6.08 Å². The molecule has 0 aromatic carbocycles. The Bertz CT molecular complexity index is 267. The van der Waals surface area contributed by atoms with Crippen molar-refractivity contribution in [1.29, 1.82) is 0 Å². The van der Waals surface area contributed by atoms with E-state index in [9.17, 15) is 9.59 Å². The van der Waals surface area contributed by atoms with Gasteiger partial charge in [-0.3, -0.25) is 4.79 Å². The summed E-state index contributed by atoms with van der Waals surface area (Å²) in [6, 6.07) is 0. The first-order chi connectivity index (χ1) is 6.69. The zero-order valence-electron chi connectivity index (χ0n) is 8.41. The van der Waals surface area contributed by atoms with Crippen LogP contribution >= 0.6 is 0 Å². The summed E-state index contributed by atoms with van der Waals surface area (Å²) in [7, 11) is 2.69. The molecule has 0 N–H and O–H groups in total. The summed E-state index contributed by atoms with van der Waals surface area (Å²) >= 11 is 0. The second-order valence-corrected chi connectivity index (χ2v) is 3.21. The van der Waals surface area contributed by atoms with Gasteiger partial charge in [0.1, 0.15) is 0 Å². The third-order valence-corrected chi connectivity index (χ3v) is 2.38. The smallest absolute Gasteiger partial charge is 0.333 e. The highest BCUT2D eigenvalue weighted by Gasteiger charge is 2.27. The molecular weight excluding hydrogens is 184 g/mol. The Morgan fingerprint density at radius 1 is 1.43 bits per heavy atom. The fourth-order valence-corrected chi connectivity index (χ4v) is 1.63. The van der Waals surface area contributed by atoms with Crippen LogP contribution in [-0.2, 0) is 19.1 Å². The van der Waals surface area contributed by atoms with E-state index in [1.54, 1.807) is 0 Å². The van der Waals surface area contributed by atoms with Gasteiger partial charge in [0.15, 0.2) is 0 Å². The number of hydrogen-bond acceptors (Lipinski definition) is 4. The fourth-order valence-electron chi connectivity index (χ4n) is 1.63. The van der Waals surface area contributed by atoms with Crippen LogP contribution in [0.5, 0.6) is 0 Å². The van der Waals surface area contributed by atoms with Crippen molar-refractivity contribution in [3.63, 3.8) is 0 Å². The summed E-state index contributed by atoms with van der Waals surface area (Å²) < 4.78 is 9.18. The molecule has 4 heteroatoms. The van der Waals surface area contributed by atoms with Crippen molar-refractivity contribution in [2.45, 2.75) is 19.3 Å². The molecule has 1 aliphatic rings. The summed E-state index contributed by atoms with van der Waals surface area (Å²) in [6.07, 6.45) is 3.74. The topological polar surface area (TPSA) is 52.6 Å². The van der Waals surface area contributed by atoms with Crippen molar-refractivity contribution in [2.24, 2.45) is 5.92 Å². The monoisotopic (exact) mass is 198 g/mol. The lowest BCUT2D eigenvalue weighted by Crippen LogP contribution is -2.15. The molecule has 0 radical (unpaired) electrons. The molecule has 0 spiro atoms. The number of ether oxygens (including phenoxy) is 2. The molecule has 0 fully saturated rings. The predicted octanol–water partition coefficient (Wildman–Crippen LogP) is 1.06. The number of hydrogen-bond donors (Lipinski definition) is 0. The molecule has 0 heterocycles. The number of allylic oxidation sites excluding steroid dienone is 1. The van der Waals surface area contributed by atoms with Gasteiger partial charge in [0.05, 0.1) is 20.6 Å². The Morgan fingerprint density at radius 3 is 2.71 bits per heavy atom. The molecule has 0 saturated carbocycles. The maximum absolute atomic E-state index is 11.3. The minimum atomic E-state index is -0.337. The Hall–Kier alpha value is -1.32. The van der Waals surface area contributed by atoms with Gasteiger partial charge in [-0.2, -0.15) is 0 Å². The molecule has 14 heavy (non-hydrogen) atoms. The molecule has 0 saturated heterocycles. The lowest BCUT2D eigenvalue weighted by atomic mass is 9.98. The van der Waals surface area contributed by atoms with Gasteiger partial charge < -0.3 is 9.47 Å². The van der Waals surface area contributed by atoms with Gasteiger partial charge in [0, 0.05) is 11.5 Å². The first-order valence-electron chi connectivity index (χ1n) is 4.54. The van der Waals surface area contributed by atoms with Crippen LogP contribution in [0.4, 0.5) is 0 Å². The normalized spacial score (nSPS) is 20.1. The summed E-state index contributed by atoms with van der Waals surface area (Å²) in [6.45, 7) is 0. The lowest BCUT2D eigenvalue weighted by molar-refractivity contribution is -0.141. The number of esters is 2. The predicted molar refractivity (Wildman–Crippen MR) is 49.5 cm³/mol. The highest BCUT2D eigenvalue weighted by molar-refractivity contribution is 5.90. The number of carbonyl (C=O) groups excluding carboxylic acids is 2. The van der Waals surface area contributed by atoms with Crippen LogP contribution in [0, 0.1) is 5.92 Å². The fraction of sp³-hybridized carbons (Fsp3) is 0.600. The number of carbonyl (C=O) groups is 2. The Balaban J connectivity index is 2.58. The summed E-state index contributed by atoms with van der Waals surface area (Å²) in [4.78, 5) is 22.3. The zero-order valence-corrected chi connectivity index (χ0v) is 8.41. The van der Waals surface area contributed by atoms with Gasteiger partial charge in [0.2, 0.25) is 0 Å². The first-order valence-corrected chi connectivity index (χ1v) is 4.54. The van der Waals surface area contributed by atoms with E-state index < -0.39 is 0 Å². The van der Waals surface area contributed by atoms with E-state index in [1.807, 2.05) is 6.08 Å². The van der Waals surface area contributed by atoms with Gasteiger partial charge in [-0.05, 0) is 12.8 Å². The van der Waals surface area contributed by atoms with Crippen molar-refractivity contribution < 1.29 is 19.1 Å². The van der Waals surface area contributed by atoms with E-state index in [0.29, 0.717) is 5.57 Å². The molecule has 0 aliphatic heterocycles. The van der Waals surface area contributed by atoms with Crippen LogP contribution in [0.1, 0.15) is 19.3 Å². The Labute approximate surface area is 82.9 Å². The molecule has 0 bridgehead atoms. The van der Waals surface area contributed by atoms with Crippen molar-refractivity contribution in [2.75, 3.05) is 14.2 Å². The molecule has 1 rings (SSSR count). The third kappa shape index (κ3) is 2.34. The van der Waals surface area contributed by atoms with Crippen LogP contribution < -0.4 is 0 Å². The molecule has 0 aromatic rings.